The van der Waals surface area contributed by atoms with Gasteiger partial charge in [-0.2, -0.15) is 11.8 Å². The lowest BCUT2D eigenvalue weighted by Gasteiger charge is -2.31. The number of nitrogens with zero attached hydrogens (tertiary/aromatic N) is 1. The van der Waals surface area contributed by atoms with Crippen molar-refractivity contribution in [1.82, 2.24) is 4.90 Å². The highest BCUT2D eigenvalue weighted by Crippen LogP contribution is 2.20. The molecule has 4 heteroatoms. The van der Waals surface area contributed by atoms with Gasteiger partial charge in [0.2, 0.25) is 5.91 Å². The number of ether oxygens (including phenoxy) is 1. The van der Waals surface area contributed by atoms with Gasteiger partial charge in [-0.25, -0.2) is 0 Å². The van der Waals surface area contributed by atoms with Gasteiger partial charge >= 0.3 is 0 Å². The molecule has 1 aliphatic rings. The zero-order chi connectivity index (χ0) is 10.4. The molecule has 1 saturated heterocycles. The highest BCUT2D eigenvalue weighted by molar-refractivity contribution is 8.00. The van der Waals surface area contributed by atoms with Gasteiger partial charge in [-0.3, -0.25) is 4.79 Å². The fourth-order valence-corrected chi connectivity index (χ4v) is 2.65. The SMILES string of the molecule is CCOCC(=O)N1CCSC(CC)C1. The molecule has 82 valence electrons. The van der Waals surface area contributed by atoms with E-state index in [1.807, 2.05) is 23.6 Å². The third kappa shape index (κ3) is 3.50. The summed E-state index contributed by atoms with van der Waals surface area (Å²) in [6, 6.07) is 0. The molecule has 0 spiro atoms. The molecule has 0 aromatic rings. The number of thioether (sulfide) groups is 1. The summed E-state index contributed by atoms with van der Waals surface area (Å²) >= 11 is 1.97. The third-order valence-electron chi connectivity index (χ3n) is 2.38. The van der Waals surface area contributed by atoms with Gasteiger partial charge in [-0.15, -0.1) is 0 Å². The van der Waals surface area contributed by atoms with Crippen molar-refractivity contribution in [3.8, 4) is 0 Å². The smallest absolute Gasteiger partial charge is 0.248 e. The predicted molar refractivity (Wildman–Crippen MR) is 59.6 cm³/mol. The van der Waals surface area contributed by atoms with E-state index in [0.717, 1.165) is 25.3 Å². The molecule has 0 aromatic carbocycles. The fourth-order valence-electron chi connectivity index (χ4n) is 1.47. The summed E-state index contributed by atoms with van der Waals surface area (Å²) in [6.45, 7) is 6.73. The number of carbonyl (C=O) groups is 1. The Kier molecular flexibility index (Phi) is 5.33. The predicted octanol–water partition coefficient (Wildman–Crippen LogP) is 1.38. The molecule has 1 rings (SSSR count). The van der Waals surface area contributed by atoms with Gasteiger partial charge in [0, 0.05) is 30.7 Å². The molecule has 1 fully saturated rings. The molecule has 0 saturated carbocycles. The maximum Gasteiger partial charge on any atom is 0.248 e. The summed E-state index contributed by atoms with van der Waals surface area (Å²) in [5, 5.41) is 0.620. The molecule has 0 aliphatic carbocycles. The van der Waals surface area contributed by atoms with Crippen molar-refractivity contribution in [3.63, 3.8) is 0 Å². The number of hydrogen-bond donors (Lipinski definition) is 0. The van der Waals surface area contributed by atoms with Gasteiger partial charge in [0.15, 0.2) is 0 Å². The monoisotopic (exact) mass is 217 g/mol. The molecule has 0 aromatic heterocycles. The molecular formula is C10H19NO2S. The van der Waals surface area contributed by atoms with Crippen LogP contribution in [0.1, 0.15) is 20.3 Å². The van der Waals surface area contributed by atoms with E-state index in [-0.39, 0.29) is 12.5 Å². The highest BCUT2D eigenvalue weighted by atomic mass is 32.2. The summed E-state index contributed by atoms with van der Waals surface area (Å²) in [4.78, 5) is 13.5. The summed E-state index contributed by atoms with van der Waals surface area (Å²) in [7, 11) is 0. The van der Waals surface area contributed by atoms with Crippen LogP contribution in [-0.4, -0.2) is 48.1 Å². The van der Waals surface area contributed by atoms with E-state index < -0.39 is 0 Å². The molecule has 0 radical (unpaired) electrons. The number of carbonyl (C=O) groups excluding carboxylic acids is 1. The van der Waals surface area contributed by atoms with Gasteiger partial charge < -0.3 is 9.64 Å². The topological polar surface area (TPSA) is 29.5 Å². The molecular weight excluding hydrogens is 198 g/mol. The average molecular weight is 217 g/mol. The van der Waals surface area contributed by atoms with Gasteiger partial charge in [0.25, 0.3) is 0 Å². The first-order valence-electron chi connectivity index (χ1n) is 5.25. The second-order valence-corrected chi connectivity index (χ2v) is 4.79. The first-order valence-corrected chi connectivity index (χ1v) is 6.29. The Balaban J connectivity index is 2.31. The first kappa shape index (κ1) is 11.9. The van der Waals surface area contributed by atoms with E-state index in [0.29, 0.717) is 11.9 Å². The normalized spacial score (nSPS) is 22.4. The van der Waals surface area contributed by atoms with Crippen molar-refractivity contribution in [2.75, 3.05) is 32.1 Å². The number of rotatable bonds is 4. The van der Waals surface area contributed by atoms with Crippen LogP contribution in [0, 0.1) is 0 Å². The van der Waals surface area contributed by atoms with Crippen LogP contribution in [0.25, 0.3) is 0 Å². The maximum atomic E-state index is 11.6. The minimum Gasteiger partial charge on any atom is -0.372 e. The summed E-state index contributed by atoms with van der Waals surface area (Å²) < 4.78 is 5.12. The van der Waals surface area contributed by atoms with Crippen LogP contribution < -0.4 is 0 Å². The Hall–Kier alpha value is -0.220. The number of hydrogen-bond acceptors (Lipinski definition) is 3. The molecule has 0 bridgehead atoms. The van der Waals surface area contributed by atoms with Crippen molar-refractivity contribution < 1.29 is 9.53 Å². The summed E-state index contributed by atoms with van der Waals surface area (Å²) in [5.74, 6) is 1.21. The molecule has 1 amide bonds. The van der Waals surface area contributed by atoms with E-state index in [1.54, 1.807) is 0 Å². The zero-order valence-corrected chi connectivity index (χ0v) is 9.81. The van der Waals surface area contributed by atoms with Gasteiger partial charge in [-0.1, -0.05) is 6.92 Å². The Morgan fingerprint density at radius 2 is 2.36 bits per heavy atom. The molecule has 1 atom stereocenters. The van der Waals surface area contributed by atoms with Gasteiger partial charge in [0.05, 0.1) is 0 Å². The Labute approximate surface area is 90.2 Å². The lowest BCUT2D eigenvalue weighted by atomic mass is 10.3. The van der Waals surface area contributed by atoms with Crippen molar-refractivity contribution in [2.24, 2.45) is 0 Å². The Bertz CT molecular complexity index is 187. The standard InChI is InChI=1S/C10H19NO2S/c1-3-9-7-11(5-6-14-9)10(12)8-13-4-2/h9H,3-8H2,1-2H3. The molecule has 1 unspecified atom stereocenters. The summed E-state index contributed by atoms with van der Waals surface area (Å²) in [5.41, 5.74) is 0. The molecule has 1 aliphatic heterocycles. The zero-order valence-electron chi connectivity index (χ0n) is 8.99. The fraction of sp³-hybridized carbons (Fsp3) is 0.900. The quantitative estimate of drug-likeness (QED) is 0.712. The largest absolute Gasteiger partial charge is 0.372 e. The van der Waals surface area contributed by atoms with E-state index in [9.17, 15) is 4.79 Å². The maximum absolute atomic E-state index is 11.6. The molecule has 0 N–H and O–H groups in total. The van der Waals surface area contributed by atoms with Gasteiger partial charge in [-0.05, 0) is 13.3 Å². The van der Waals surface area contributed by atoms with E-state index in [1.165, 1.54) is 0 Å². The van der Waals surface area contributed by atoms with Crippen molar-refractivity contribution in [1.29, 1.82) is 0 Å². The minimum absolute atomic E-state index is 0.144. The Morgan fingerprint density at radius 1 is 1.57 bits per heavy atom. The van der Waals surface area contributed by atoms with Crippen molar-refractivity contribution in [3.05, 3.63) is 0 Å². The van der Waals surface area contributed by atoms with Crippen LogP contribution in [0.15, 0.2) is 0 Å². The average Bonchev–Trinajstić information content (AvgIpc) is 2.26. The van der Waals surface area contributed by atoms with Crippen LogP contribution in [0.3, 0.4) is 0 Å². The molecule has 1 heterocycles. The second-order valence-electron chi connectivity index (χ2n) is 3.38. The second kappa shape index (κ2) is 6.30. The van der Waals surface area contributed by atoms with Crippen LogP contribution in [-0.2, 0) is 9.53 Å². The van der Waals surface area contributed by atoms with Crippen LogP contribution in [0.5, 0.6) is 0 Å². The number of amides is 1. The van der Waals surface area contributed by atoms with E-state index >= 15 is 0 Å². The van der Waals surface area contributed by atoms with Crippen molar-refractivity contribution >= 4 is 17.7 Å². The van der Waals surface area contributed by atoms with Crippen LogP contribution in [0.2, 0.25) is 0 Å². The molecule has 3 nitrogen and oxygen atoms in total. The van der Waals surface area contributed by atoms with Crippen LogP contribution in [0.4, 0.5) is 0 Å². The highest BCUT2D eigenvalue weighted by Gasteiger charge is 2.22. The van der Waals surface area contributed by atoms with E-state index in [4.69, 9.17) is 4.74 Å². The van der Waals surface area contributed by atoms with E-state index in [2.05, 4.69) is 6.92 Å². The summed E-state index contributed by atoms with van der Waals surface area (Å²) in [6.07, 6.45) is 1.14. The lowest BCUT2D eigenvalue weighted by molar-refractivity contribution is -0.135. The third-order valence-corrected chi connectivity index (χ3v) is 3.75. The first-order chi connectivity index (χ1) is 6.77. The lowest BCUT2D eigenvalue weighted by Crippen LogP contribution is -2.43. The van der Waals surface area contributed by atoms with Crippen LogP contribution >= 0.6 is 11.8 Å². The minimum atomic E-state index is 0.144. The van der Waals surface area contributed by atoms with Gasteiger partial charge in [0.1, 0.15) is 6.61 Å². The Morgan fingerprint density at radius 3 is 3.00 bits per heavy atom. The van der Waals surface area contributed by atoms with Crippen molar-refractivity contribution in [2.45, 2.75) is 25.5 Å². The molecule has 14 heavy (non-hydrogen) atoms.